The molecular weight excluding hydrogens is 348 g/mol. The van der Waals surface area contributed by atoms with Crippen LogP contribution in [0.4, 0.5) is 4.79 Å². The van der Waals surface area contributed by atoms with E-state index < -0.39 is 21.1 Å². The topological polar surface area (TPSA) is 145 Å². The summed E-state index contributed by atoms with van der Waals surface area (Å²) in [5.41, 5.74) is -2.22. The molecule has 0 fully saturated rings. The summed E-state index contributed by atoms with van der Waals surface area (Å²) in [6.45, 7) is 0. The summed E-state index contributed by atoms with van der Waals surface area (Å²) >= 11 is 0. The van der Waals surface area contributed by atoms with Crippen molar-refractivity contribution in [3.63, 3.8) is 0 Å². The Balaban J connectivity index is 0. The van der Waals surface area contributed by atoms with E-state index in [9.17, 15) is 23.7 Å². The van der Waals surface area contributed by atoms with Crippen LogP contribution in [0.25, 0.3) is 0 Å². The van der Waals surface area contributed by atoms with Crippen LogP contribution >= 0.6 is 15.4 Å². The van der Waals surface area contributed by atoms with Crippen molar-refractivity contribution in [2.75, 3.05) is 7.11 Å². The minimum absolute atomic E-state index is 0. The van der Waals surface area contributed by atoms with Gasteiger partial charge in [-0.05, 0) is 24.3 Å². The number of methoxy groups -OCH3 is 1. The zero-order valence-corrected chi connectivity index (χ0v) is 17.2. The van der Waals surface area contributed by atoms with Crippen LogP contribution in [-0.2, 0) is 13.7 Å². The van der Waals surface area contributed by atoms with E-state index >= 15 is 0 Å². The SMILES string of the molecule is COc1ccc(OP(=O)([O-])C(=O)OP(=O)([O-])O)cc1.[Na+].[Na+]. The minimum atomic E-state index is -5.51. The van der Waals surface area contributed by atoms with Gasteiger partial charge in [0, 0.05) is 0 Å². The second kappa shape index (κ2) is 9.70. The molecule has 2 unspecified atom stereocenters. The smallest absolute Gasteiger partial charge is 0.761 e. The summed E-state index contributed by atoms with van der Waals surface area (Å²) in [5.74, 6) is 0.157. The summed E-state index contributed by atoms with van der Waals surface area (Å²) in [7, 11) is -9.43. The Kier molecular flexibility index (Phi) is 11.0. The number of carbonyl (C=O) groups is 1. The van der Waals surface area contributed by atoms with Crippen LogP contribution in [0.5, 0.6) is 11.5 Å². The van der Waals surface area contributed by atoms with Gasteiger partial charge in [0.15, 0.2) is 0 Å². The molecule has 1 rings (SSSR count). The van der Waals surface area contributed by atoms with Crippen molar-refractivity contribution in [1.29, 1.82) is 0 Å². The van der Waals surface area contributed by atoms with Gasteiger partial charge in [-0.1, -0.05) is 0 Å². The first-order valence-corrected chi connectivity index (χ1v) is 7.60. The van der Waals surface area contributed by atoms with Gasteiger partial charge in [-0.3, -0.25) is 9.13 Å². The van der Waals surface area contributed by atoms with Gasteiger partial charge in [-0.15, -0.1) is 0 Å². The van der Waals surface area contributed by atoms with Gasteiger partial charge in [-0.25, -0.2) is 4.79 Å². The van der Waals surface area contributed by atoms with Gasteiger partial charge in [0.05, 0.1) is 7.11 Å². The number of hydrogen-bond donors (Lipinski definition) is 1. The van der Waals surface area contributed by atoms with E-state index in [0.717, 1.165) is 0 Å². The summed E-state index contributed by atoms with van der Waals surface area (Å²) in [4.78, 5) is 40.6. The number of hydrogen-bond acceptors (Lipinski definition) is 8. The van der Waals surface area contributed by atoms with Gasteiger partial charge in [0.2, 0.25) is 0 Å². The first-order chi connectivity index (χ1) is 8.64. The Labute approximate surface area is 164 Å². The fourth-order valence-corrected chi connectivity index (χ4v) is 2.34. The van der Waals surface area contributed by atoms with Crippen molar-refractivity contribution < 1.29 is 102 Å². The molecule has 0 bridgehead atoms. The van der Waals surface area contributed by atoms with E-state index in [-0.39, 0.29) is 64.9 Å². The molecule has 0 aliphatic carbocycles. The van der Waals surface area contributed by atoms with E-state index in [2.05, 4.69) is 9.05 Å². The van der Waals surface area contributed by atoms with E-state index in [1.807, 2.05) is 0 Å². The molecule has 13 heteroatoms. The molecule has 0 radical (unpaired) electrons. The molecule has 0 aromatic heterocycles. The fraction of sp³-hybridized carbons (Fsp3) is 0.125. The third-order valence-corrected chi connectivity index (χ3v) is 3.23. The van der Waals surface area contributed by atoms with E-state index in [1.54, 1.807) is 0 Å². The van der Waals surface area contributed by atoms with Crippen LogP contribution in [0.1, 0.15) is 0 Å². The Morgan fingerprint density at radius 3 is 1.90 bits per heavy atom. The van der Waals surface area contributed by atoms with E-state index in [1.165, 1.54) is 31.4 Å². The molecule has 0 aliphatic rings. The van der Waals surface area contributed by atoms with Gasteiger partial charge in [0.25, 0.3) is 7.60 Å². The quantitative estimate of drug-likeness (QED) is 0.403. The van der Waals surface area contributed by atoms with Crippen molar-refractivity contribution >= 4 is 21.1 Å². The molecule has 21 heavy (non-hydrogen) atoms. The second-order valence-corrected chi connectivity index (χ2v) is 5.75. The van der Waals surface area contributed by atoms with Crippen LogP contribution in [0.2, 0.25) is 0 Å². The Hall–Kier alpha value is 0.630. The van der Waals surface area contributed by atoms with Crippen LogP contribution in [0.15, 0.2) is 24.3 Å². The van der Waals surface area contributed by atoms with Gasteiger partial charge >= 0.3 is 72.6 Å². The average molecular weight is 356 g/mol. The molecule has 1 N–H and O–H groups in total. The second-order valence-electron chi connectivity index (χ2n) is 3.09. The van der Waals surface area contributed by atoms with Gasteiger partial charge in [0.1, 0.15) is 11.5 Å². The molecule has 0 spiro atoms. The fourth-order valence-electron chi connectivity index (χ4n) is 0.961. The number of carbonyl (C=O) groups excluding carboxylic acids is 1. The van der Waals surface area contributed by atoms with Crippen molar-refractivity contribution in [2.45, 2.75) is 0 Å². The molecule has 0 saturated heterocycles. The molecule has 0 saturated carbocycles. The monoisotopic (exact) mass is 356 g/mol. The van der Waals surface area contributed by atoms with Crippen LogP contribution in [-0.4, -0.2) is 17.7 Å². The third kappa shape index (κ3) is 8.74. The summed E-state index contributed by atoms with van der Waals surface area (Å²) in [6.07, 6.45) is 0. The number of rotatable bonds is 5. The minimum Gasteiger partial charge on any atom is -0.761 e. The van der Waals surface area contributed by atoms with Gasteiger partial charge < -0.3 is 28.5 Å². The van der Waals surface area contributed by atoms with Crippen molar-refractivity contribution in [3.8, 4) is 11.5 Å². The largest absolute Gasteiger partial charge is 1.00 e. The third-order valence-electron chi connectivity index (χ3n) is 1.70. The number of benzene rings is 1. The number of phosphoric ester groups is 1. The molecule has 0 aliphatic heterocycles. The molecule has 0 amide bonds. The summed E-state index contributed by atoms with van der Waals surface area (Å²) in [5, 5.41) is 0. The summed E-state index contributed by atoms with van der Waals surface area (Å²) in [6, 6.07) is 5.05. The molecule has 1 aromatic carbocycles. The number of ether oxygens (including phenoxy) is 1. The normalized spacial score (nSPS) is 15.2. The number of phosphoric acid groups is 1. The molecule has 9 nitrogen and oxygen atoms in total. The first-order valence-electron chi connectivity index (χ1n) is 4.57. The van der Waals surface area contributed by atoms with Crippen LogP contribution in [0.3, 0.4) is 0 Å². The maximum absolute atomic E-state index is 11.3. The Morgan fingerprint density at radius 1 is 1.10 bits per heavy atom. The van der Waals surface area contributed by atoms with E-state index in [0.29, 0.717) is 5.75 Å². The maximum Gasteiger partial charge on any atom is 1.00 e. The van der Waals surface area contributed by atoms with Crippen LogP contribution < -0.4 is 78.2 Å². The van der Waals surface area contributed by atoms with E-state index in [4.69, 9.17) is 9.63 Å². The van der Waals surface area contributed by atoms with Crippen molar-refractivity contribution in [2.24, 2.45) is 0 Å². The maximum atomic E-state index is 11.3. The predicted molar refractivity (Wildman–Crippen MR) is 57.5 cm³/mol. The molecule has 1 aromatic rings. The van der Waals surface area contributed by atoms with Crippen molar-refractivity contribution in [1.82, 2.24) is 0 Å². The zero-order chi connectivity index (χ0) is 14.7. The predicted octanol–water partition coefficient (Wildman–Crippen LogP) is -5.77. The van der Waals surface area contributed by atoms with Gasteiger partial charge in [-0.2, -0.15) is 0 Å². The standard InChI is InChI=1S/C8H10O9P2.2Na/c1-15-6-2-4-7(5-3-6)16-18(10,11)8(9)17-19(12,13)14;;/h2-5H,1H3,(H,10,11)(H2,12,13,14);;/q;2*+1/p-2. The zero-order valence-electron chi connectivity index (χ0n) is 11.4. The average Bonchev–Trinajstić information content (AvgIpc) is 2.27. The summed E-state index contributed by atoms with van der Waals surface area (Å²) < 4.78 is 33.9. The molecular formula is C8H8Na2O9P2. The Morgan fingerprint density at radius 2 is 1.52 bits per heavy atom. The first kappa shape index (κ1) is 23.9. The van der Waals surface area contributed by atoms with Crippen molar-refractivity contribution in [3.05, 3.63) is 24.3 Å². The molecule has 2 atom stereocenters. The molecule has 106 valence electrons. The van der Waals surface area contributed by atoms with Crippen LogP contribution in [0, 0.1) is 0 Å². The Bertz CT molecular complexity index is 555. The molecule has 0 heterocycles.